The number of carbonyl (C=O) groups excluding carboxylic acids is 1. The molecule has 0 saturated carbocycles. The van der Waals surface area contributed by atoms with Crippen molar-refractivity contribution in [1.82, 2.24) is 5.32 Å². The Morgan fingerprint density at radius 3 is 3.11 bits per heavy atom. The van der Waals surface area contributed by atoms with Crippen molar-refractivity contribution in [2.75, 3.05) is 13.2 Å². The normalized spacial score (nSPS) is 18.9. The Morgan fingerprint density at radius 2 is 2.33 bits per heavy atom. The van der Waals surface area contributed by atoms with Crippen LogP contribution in [0.5, 0.6) is 5.75 Å². The maximum absolute atomic E-state index is 12.1. The molecular formula is C14H18ClNO2. The zero-order chi connectivity index (χ0) is 13.0. The van der Waals surface area contributed by atoms with Crippen molar-refractivity contribution in [3.63, 3.8) is 0 Å². The molecule has 2 rings (SSSR count). The van der Waals surface area contributed by atoms with Crippen molar-refractivity contribution in [3.8, 4) is 5.75 Å². The monoisotopic (exact) mass is 267 g/mol. The van der Waals surface area contributed by atoms with Gasteiger partial charge in [-0.2, -0.15) is 0 Å². The molecule has 2 atom stereocenters. The van der Waals surface area contributed by atoms with Gasteiger partial charge in [-0.1, -0.05) is 31.5 Å². The minimum absolute atomic E-state index is 0.00158. The highest BCUT2D eigenvalue weighted by Gasteiger charge is 2.29. The largest absolute Gasteiger partial charge is 0.492 e. The Morgan fingerprint density at radius 1 is 1.56 bits per heavy atom. The number of alkyl halides is 1. The predicted octanol–water partition coefficient (Wildman–Crippen LogP) is 2.69. The molecule has 0 bridgehead atoms. The number of para-hydroxylation sites is 1. The van der Waals surface area contributed by atoms with Gasteiger partial charge < -0.3 is 10.1 Å². The third-order valence-electron chi connectivity index (χ3n) is 3.12. The van der Waals surface area contributed by atoms with Gasteiger partial charge in [-0.15, -0.1) is 11.6 Å². The van der Waals surface area contributed by atoms with Crippen LogP contribution in [0.1, 0.15) is 31.2 Å². The first kappa shape index (κ1) is 13.2. The molecule has 1 aromatic carbocycles. The summed E-state index contributed by atoms with van der Waals surface area (Å²) < 4.78 is 5.49. The molecule has 18 heavy (non-hydrogen) atoms. The lowest BCUT2D eigenvalue weighted by Gasteiger charge is -2.13. The summed E-state index contributed by atoms with van der Waals surface area (Å²) in [5.74, 6) is 0.613. The first-order valence-electron chi connectivity index (χ1n) is 6.36. The van der Waals surface area contributed by atoms with Crippen LogP contribution in [0, 0.1) is 0 Å². The Labute approximate surface area is 112 Å². The van der Waals surface area contributed by atoms with Crippen LogP contribution in [0.2, 0.25) is 0 Å². The van der Waals surface area contributed by atoms with E-state index in [4.69, 9.17) is 16.3 Å². The number of ether oxygens (including phenoxy) is 1. The van der Waals surface area contributed by atoms with Crippen LogP contribution in [0.15, 0.2) is 24.3 Å². The second kappa shape index (κ2) is 6.10. The van der Waals surface area contributed by atoms with E-state index in [1.165, 1.54) is 0 Å². The topological polar surface area (TPSA) is 38.3 Å². The molecule has 1 N–H and O–H groups in total. The second-order valence-electron chi connectivity index (χ2n) is 4.53. The molecule has 2 unspecified atom stereocenters. The highest BCUT2D eigenvalue weighted by atomic mass is 35.5. The lowest BCUT2D eigenvalue weighted by molar-refractivity contribution is -0.122. The summed E-state index contributed by atoms with van der Waals surface area (Å²) in [6, 6.07) is 7.67. The number of nitrogens with one attached hydrogen (secondary N) is 1. The minimum atomic E-state index is -0.202. The fraction of sp³-hybridized carbons (Fsp3) is 0.500. The summed E-state index contributed by atoms with van der Waals surface area (Å²) >= 11 is 6.09. The molecule has 0 aliphatic carbocycles. The van der Waals surface area contributed by atoms with E-state index in [-0.39, 0.29) is 17.2 Å². The molecule has 0 radical (unpaired) electrons. The lowest BCUT2D eigenvalue weighted by Crippen LogP contribution is -2.34. The van der Waals surface area contributed by atoms with E-state index in [1.54, 1.807) is 0 Å². The van der Waals surface area contributed by atoms with Crippen LogP contribution in [0.25, 0.3) is 0 Å². The molecule has 1 heterocycles. The number of amides is 1. The smallest absolute Gasteiger partial charge is 0.231 e. The van der Waals surface area contributed by atoms with E-state index < -0.39 is 0 Å². The van der Waals surface area contributed by atoms with Gasteiger partial charge in [0.1, 0.15) is 18.3 Å². The van der Waals surface area contributed by atoms with Crippen LogP contribution in [0.4, 0.5) is 0 Å². The first-order valence-corrected chi connectivity index (χ1v) is 6.79. The standard InChI is InChI=1S/C14H18ClNO2/c1-2-5-10(15)8-16-14(17)12-9-18-13-7-4-3-6-11(12)13/h3-4,6-7,10,12H,2,5,8-9H2,1H3,(H,16,17). The number of carbonyl (C=O) groups is 1. The van der Waals surface area contributed by atoms with E-state index in [0.29, 0.717) is 13.2 Å². The van der Waals surface area contributed by atoms with Gasteiger partial charge in [-0.25, -0.2) is 0 Å². The minimum Gasteiger partial charge on any atom is -0.492 e. The second-order valence-corrected chi connectivity index (χ2v) is 5.15. The average molecular weight is 268 g/mol. The maximum atomic E-state index is 12.1. The molecular weight excluding hydrogens is 250 g/mol. The number of rotatable bonds is 5. The third kappa shape index (κ3) is 2.96. The Hall–Kier alpha value is -1.22. The molecule has 0 spiro atoms. The molecule has 0 aromatic heterocycles. The summed E-state index contributed by atoms with van der Waals surface area (Å²) in [6.07, 6.45) is 1.94. The summed E-state index contributed by atoms with van der Waals surface area (Å²) in [5, 5.41) is 2.91. The van der Waals surface area contributed by atoms with Crippen molar-refractivity contribution in [3.05, 3.63) is 29.8 Å². The highest BCUT2D eigenvalue weighted by molar-refractivity contribution is 6.20. The van der Waals surface area contributed by atoms with E-state index in [9.17, 15) is 4.79 Å². The molecule has 1 aliphatic heterocycles. The average Bonchev–Trinajstić information content (AvgIpc) is 2.80. The first-order chi connectivity index (χ1) is 8.72. The van der Waals surface area contributed by atoms with Crippen LogP contribution in [-0.4, -0.2) is 24.4 Å². The summed E-state index contributed by atoms with van der Waals surface area (Å²) in [6.45, 7) is 3.02. The van der Waals surface area contributed by atoms with Crippen LogP contribution in [0.3, 0.4) is 0 Å². The van der Waals surface area contributed by atoms with Crippen molar-refractivity contribution < 1.29 is 9.53 Å². The van der Waals surface area contributed by atoms with Crippen molar-refractivity contribution in [2.24, 2.45) is 0 Å². The van der Waals surface area contributed by atoms with Crippen molar-refractivity contribution in [2.45, 2.75) is 31.1 Å². The predicted molar refractivity (Wildman–Crippen MR) is 72.2 cm³/mol. The fourth-order valence-corrected chi connectivity index (χ4v) is 2.42. The van der Waals surface area contributed by atoms with Gasteiger partial charge in [0.15, 0.2) is 0 Å². The fourth-order valence-electron chi connectivity index (χ4n) is 2.13. The molecule has 0 saturated heterocycles. The summed E-state index contributed by atoms with van der Waals surface area (Å²) in [4.78, 5) is 12.1. The van der Waals surface area contributed by atoms with Gasteiger partial charge in [0.05, 0.1) is 5.38 Å². The van der Waals surface area contributed by atoms with Gasteiger partial charge in [0.2, 0.25) is 5.91 Å². The van der Waals surface area contributed by atoms with Gasteiger partial charge in [-0.05, 0) is 12.5 Å². The Balaban J connectivity index is 1.91. The molecule has 3 nitrogen and oxygen atoms in total. The van der Waals surface area contributed by atoms with Gasteiger partial charge in [0, 0.05) is 12.1 Å². The highest BCUT2D eigenvalue weighted by Crippen LogP contribution is 2.33. The lowest BCUT2D eigenvalue weighted by atomic mass is 10.0. The van der Waals surface area contributed by atoms with Crippen LogP contribution in [-0.2, 0) is 4.79 Å². The van der Waals surface area contributed by atoms with Crippen molar-refractivity contribution >= 4 is 17.5 Å². The van der Waals surface area contributed by atoms with Crippen molar-refractivity contribution in [1.29, 1.82) is 0 Å². The van der Waals surface area contributed by atoms with E-state index in [2.05, 4.69) is 12.2 Å². The Kier molecular flexibility index (Phi) is 4.48. The summed E-state index contributed by atoms with van der Waals surface area (Å²) in [5.41, 5.74) is 0.969. The van der Waals surface area contributed by atoms with Crippen LogP contribution >= 0.6 is 11.6 Å². The number of hydrogen-bond donors (Lipinski definition) is 1. The maximum Gasteiger partial charge on any atom is 0.231 e. The number of fused-ring (bicyclic) bond motifs is 1. The zero-order valence-electron chi connectivity index (χ0n) is 10.5. The molecule has 1 aliphatic rings. The quantitative estimate of drug-likeness (QED) is 0.833. The number of hydrogen-bond acceptors (Lipinski definition) is 2. The molecule has 4 heteroatoms. The third-order valence-corrected chi connectivity index (χ3v) is 3.49. The number of halogens is 1. The zero-order valence-corrected chi connectivity index (χ0v) is 11.2. The van der Waals surface area contributed by atoms with Gasteiger partial charge >= 0.3 is 0 Å². The summed E-state index contributed by atoms with van der Waals surface area (Å²) in [7, 11) is 0. The van der Waals surface area contributed by atoms with Crippen LogP contribution < -0.4 is 10.1 Å². The number of benzene rings is 1. The van der Waals surface area contributed by atoms with E-state index >= 15 is 0 Å². The SMILES string of the molecule is CCCC(Cl)CNC(=O)C1COc2ccccc21. The molecule has 1 amide bonds. The van der Waals surface area contributed by atoms with Gasteiger partial charge in [-0.3, -0.25) is 4.79 Å². The Bertz CT molecular complexity index is 422. The molecule has 1 aromatic rings. The molecule has 98 valence electrons. The van der Waals surface area contributed by atoms with E-state index in [0.717, 1.165) is 24.2 Å². The van der Waals surface area contributed by atoms with E-state index in [1.807, 2.05) is 24.3 Å². The molecule has 0 fully saturated rings. The van der Waals surface area contributed by atoms with Gasteiger partial charge in [0.25, 0.3) is 0 Å².